The lowest BCUT2D eigenvalue weighted by atomic mass is 9.94. The van der Waals surface area contributed by atoms with Crippen LogP contribution in [-0.2, 0) is 6.42 Å². The van der Waals surface area contributed by atoms with E-state index in [-0.39, 0.29) is 0 Å². The number of benzene rings is 1. The Morgan fingerprint density at radius 1 is 0.810 bits per heavy atom. The molecule has 0 saturated heterocycles. The van der Waals surface area contributed by atoms with E-state index in [4.69, 9.17) is 5.26 Å². The van der Waals surface area contributed by atoms with E-state index in [9.17, 15) is 5.26 Å². The lowest BCUT2D eigenvalue weighted by Gasteiger charge is -2.07. The van der Waals surface area contributed by atoms with Crippen LogP contribution >= 0.6 is 0 Å². The lowest BCUT2D eigenvalue weighted by molar-refractivity contribution is 0.575. The van der Waals surface area contributed by atoms with E-state index in [1.165, 1.54) is 44.9 Å². The van der Waals surface area contributed by atoms with Crippen LogP contribution < -0.4 is 0 Å². The fraction of sp³-hybridized carbons (Fsp3) is 0.579. The number of hydrogen-bond donors (Lipinski definition) is 0. The molecular weight excluding hydrogens is 256 g/mol. The maximum absolute atomic E-state index is 9.28. The first-order valence-electron chi connectivity index (χ1n) is 8.17. The molecule has 0 aliphatic heterocycles. The summed E-state index contributed by atoms with van der Waals surface area (Å²) in [5, 5.41) is 18.4. The Hall–Kier alpha value is -1.80. The van der Waals surface area contributed by atoms with E-state index in [0.29, 0.717) is 11.1 Å². The van der Waals surface area contributed by atoms with Crippen molar-refractivity contribution in [3.63, 3.8) is 0 Å². The second-order valence-corrected chi connectivity index (χ2v) is 5.74. The van der Waals surface area contributed by atoms with Gasteiger partial charge in [0.1, 0.15) is 12.1 Å². The van der Waals surface area contributed by atoms with Crippen LogP contribution in [0.1, 0.15) is 80.5 Å². The molecule has 0 saturated carbocycles. The maximum atomic E-state index is 9.28. The summed E-state index contributed by atoms with van der Waals surface area (Å²) in [7, 11) is 0. The van der Waals surface area contributed by atoms with E-state index in [0.717, 1.165) is 24.0 Å². The van der Waals surface area contributed by atoms with Crippen molar-refractivity contribution in [3.8, 4) is 12.1 Å². The van der Waals surface area contributed by atoms with Crippen LogP contribution in [0, 0.1) is 29.6 Å². The van der Waals surface area contributed by atoms with Crippen LogP contribution in [0.3, 0.4) is 0 Å². The predicted molar refractivity (Wildman–Crippen MR) is 86.9 cm³/mol. The average molecular weight is 282 g/mol. The fourth-order valence-electron chi connectivity index (χ4n) is 2.68. The molecule has 0 atom stereocenters. The highest BCUT2D eigenvalue weighted by Gasteiger charge is 2.10. The Bertz CT molecular complexity index is 518. The zero-order valence-electron chi connectivity index (χ0n) is 13.4. The fourth-order valence-corrected chi connectivity index (χ4v) is 2.68. The van der Waals surface area contributed by atoms with Crippen LogP contribution in [0.4, 0.5) is 0 Å². The summed E-state index contributed by atoms with van der Waals surface area (Å²) in [6.45, 7) is 4.13. The molecule has 0 unspecified atom stereocenters. The second-order valence-electron chi connectivity index (χ2n) is 5.74. The average Bonchev–Trinajstić information content (AvgIpc) is 2.50. The van der Waals surface area contributed by atoms with Gasteiger partial charge in [-0.3, -0.25) is 0 Å². The molecule has 0 amide bonds. The summed E-state index contributed by atoms with van der Waals surface area (Å²) in [6, 6.07) is 8.34. The van der Waals surface area contributed by atoms with E-state index in [2.05, 4.69) is 19.1 Å². The first-order chi connectivity index (χ1) is 10.2. The van der Waals surface area contributed by atoms with Gasteiger partial charge in [0, 0.05) is 0 Å². The van der Waals surface area contributed by atoms with Gasteiger partial charge in [-0.15, -0.1) is 0 Å². The number of rotatable bonds is 9. The number of aryl methyl sites for hydroxylation is 2. The third kappa shape index (κ3) is 5.60. The summed E-state index contributed by atoms with van der Waals surface area (Å²) in [5.41, 5.74) is 3.06. The summed E-state index contributed by atoms with van der Waals surface area (Å²) in [4.78, 5) is 0. The Morgan fingerprint density at radius 2 is 1.38 bits per heavy atom. The molecule has 0 aliphatic rings. The molecule has 0 spiro atoms. The molecule has 0 heterocycles. The van der Waals surface area contributed by atoms with Crippen LogP contribution in [0.2, 0.25) is 0 Å². The van der Waals surface area contributed by atoms with Crippen molar-refractivity contribution in [1.82, 2.24) is 0 Å². The van der Waals surface area contributed by atoms with E-state index in [1.807, 2.05) is 19.1 Å². The van der Waals surface area contributed by atoms with Gasteiger partial charge in [0.25, 0.3) is 0 Å². The molecule has 0 N–H and O–H groups in total. The van der Waals surface area contributed by atoms with Gasteiger partial charge in [0.15, 0.2) is 0 Å². The molecule has 1 aromatic carbocycles. The van der Waals surface area contributed by atoms with E-state index < -0.39 is 0 Å². The molecule has 0 aromatic heterocycles. The quantitative estimate of drug-likeness (QED) is 0.567. The standard InChI is InChI=1S/C19H26N2/c1-3-4-5-6-7-8-9-10-11-17-13-12-16(2)18(14-20)19(17)15-21/h12-13H,3-11H2,1-2H3. The Labute approximate surface area is 129 Å². The molecule has 1 rings (SSSR count). The van der Waals surface area contributed by atoms with Crippen LogP contribution in [0.25, 0.3) is 0 Å². The third-order valence-electron chi connectivity index (χ3n) is 4.02. The lowest BCUT2D eigenvalue weighted by Crippen LogP contribution is -1.97. The van der Waals surface area contributed by atoms with Gasteiger partial charge in [-0.2, -0.15) is 10.5 Å². The van der Waals surface area contributed by atoms with Crippen molar-refractivity contribution >= 4 is 0 Å². The van der Waals surface area contributed by atoms with Crippen molar-refractivity contribution in [3.05, 3.63) is 34.4 Å². The van der Waals surface area contributed by atoms with Crippen molar-refractivity contribution in [2.24, 2.45) is 0 Å². The van der Waals surface area contributed by atoms with Gasteiger partial charge in [-0.25, -0.2) is 0 Å². The van der Waals surface area contributed by atoms with Gasteiger partial charge in [0.05, 0.1) is 11.1 Å². The smallest absolute Gasteiger partial charge is 0.101 e. The van der Waals surface area contributed by atoms with Crippen LogP contribution in [0.5, 0.6) is 0 Å². The molecule has 2 heteroatoms. The SMILES string of the molecule is CCCCCCCCCCc1ccc(C)c(C#N)c1C#N. The highest BCUT2D eigenvalue weighted by molar-refractivity contribution is 5.54. The zero-order valence-corrected chi connectivity index (χ0v) is 13.4. The van der Waals surface area contributed by atoms with Crippen molar-refractivity contribution in [1.29, 1.82) is 10.5 Å². The van der Waals surface area contributed by atoms with Crippen LogP contribution in [-0.4, -0.2) is 0 Å². The third-order valence-corrected chi connectivity index (χ3v) is 4.02. The van der Waals surface area contributed by atoms with Crippen LogP contribution in [0.15, 0.2) is 12.1 Å². The number of unbranched alkanes of at least 4 members (excludes halogenated alkanes) is 7. The molecule has 112 valence electrons. The van der Waals surface area contributed by atoms with Crippen molar-refractivity contribution < 1.29 is 0 Å². The highest BCUT2D eigenvalue weighted by atomic mass is 14.3. The first kappa shape index (κ1) is 17.3. The number of hydrogen-bond acceptors (Lipinski definition) is 2. The molecule has 2 nitrogen and oxygen atoms in total. The molecular formula is C19H26N2. The van der Waals surface area contributed by atoms with Gasteiger partial charge < -0.3 is 0 Å². The number of nitrogens with zero attached hydrogens (tertiary/aromatic N) is 2. The highest BCUT2D eigenvalue weighted by Crippen LogP contribution is 2.20. The predicted octanol–water partition coefficient (Wildman–Crippen LogP) is 5.42. The summed E-state index contributed by atoms with van der Waals surface area (Å²) < 4.78 is 0. The molecule has 1 aromatic rings. The Balaban J connectivity index is 2.40. The Morgan fingerprint density at radius 3 is 1.95 bits per heavy atom. The van der Waals surface area contributed by atoms with Gasteiger partial charge >= 0.3 is 0 Å². The second kappa shape index (κ2) is 10.0. The Kier molecular flexibility index (Phi) is 8.22. The zero-order chi connectivity index (χ0) is 15.5. The molecule has 0 radical (unpaired) electrons. The van der Waals surface area contributed by atoms with Gasteiger partial charge in [0.2, 0.25) is 0 Å². The minimum atomic E-state index is 0.551. The maximum Gasteiger partial charge on any atom is 0.101 e. The summed E-state index contributed by atoms with van der Waals surface area (Å²) >= 11 is 0. The minimum absolute atomic E-state index is 0.551. The molecule has 0 aliphatic carbocycles. The van der Waals surface area contributed by atoms with Crippen molar-refractivity contribution in [2.45, 2.75) is 71.6 Å². The monoisotopic (exact) mass is 282 g/mol. The first-order valence-corrected chi connectivity index (χ1v) is 8.17. The largest absolute Gasteiger partial charge is 0.192 e. The molecule has 0 fully saturated rings. The topological polar surface area (TPSA) is 47.6 Å². The van der Waals surface area contributed by atoms with E-state index in [1.54, 1.807) is 0 Å². The van der Waals surface area contributed by atoms with Gasteiger partial charge in [-0.05, 0) is 30.9 Å². The molecule has 21 heavy (non-hydrogen) atoms. The molecule has 0 bridgehead atoms. The normalized spacial score (nSPS) is 10.1. The summed E-state index contributed by atoms with van der Waals surface area (Å²) in [5.74, 6) is 0. The van der Waals surface area contributed by atoms with E-state index >= 15 is 0 Å². The van der Waals surface area contributed by atoms with Crippen molar-refractivity contribution in [2.75, 3.05) is 0 Å². The summed E-state index contributed by atoms with van der Waals surface area (Å²) in [6.07, 6.45) is 11.2. The number of nitriles is 2. The minimum Gasteiger partial charge on any atom is -0.192 e. The van der Waals surface area contributed by atoms with Gasteiger partial charge in [-0.1, -0.05) is 64.0 Å².